The van der Waals surface area contributed by atoms with Gasteiger partial charge >= 0.3 is 5.97 Å². The van der Waals surface area contributed by atoms with Crippen molar-refractivity contribution in [2.75, 3.05) is 6.61 Å². The van der Waals surface area contributed by atoms with Crippen LogP contribution < -0.4 is 0 Å². The molecule has 0 aliphatic rings. The quantitative estimate of drug-likeness (QED) is 0.254. The molecule has 1 atom stereocenters. The van der Waals surface area contributed by atoms with Crippen LogP contribution in [-0.2, 0) is 9.53 Å². The fraction of sp³-hybridized carbons (Fsp3) is 0.174. The van der Waals surface area contributed by atoms with Crippen molar-refractivity contribution in [3.8, 4) is 16.8 Å². The van der Waals surface area contributed by atoms with E-state index in [4.69, 9.17) is 4.74 Å². The molecule has 2 aromatic heterocycles. The Morgan fingerprint density at radius 3 is 2.45 bits per heavy atom. The molecule has 2 aromatic carbocycles. The van der Waals surface area contributed by atoms with E-state index in [-0.39, 0.29) is 11.2 Å². The van der Waals surface area contributed by atoms with Gasteiger partial charge in [0.25, 0.3) is 0 Å². The third kappa shape index (κ3) is 3.89. The van der Waals surface area contributed by atoms with Crippen LogP contribution in [0.4, 0.5) is 0 Å². The SMILES string of the molecule is CCOC(=O)[C@@H](C)Sc1ncnc2c1c(-c1ccccc1)cn2-c1ccccc1. The van der Waals surface area contributed by atoms with Gasteiger partial charge in [-0.25, -0.2) is 9.97 Å². The molecule has 0 aliphatic heterocycles. The molecule has 0 radical (unpaired) electrons. The second-order valence-electron chi connectivity index (χ2n) is 6.50. The summed E-state index contributed by atoms with van der Waals surface area (Å²) >= 11 is 1.40. The predicted octanol–water partition coefficient (Wildman–Crippen LogP) is 5.13. The number of carbonyl (C=O) groups excluding carboxylic acids is 1. The van der Waals surface area contributed by atoms with Crippen LogP contribution >= 0.6 is 11.8 Å². The fourth-order valence-corrected chi connectivity index (χ4v) is 4.15. The van der Waals surface area contributed by atoms with Crippen molar-refractivity contribution >= 4 is 28.8 Å². The number of thioether (sulfide) groups is 1. The average molecular weight is 404 g/mol. The number of benzene rings is 2. The van der Waals surface area contributed by atoms with E-state index in [9.17, 15) is 4.79 Å². The van der Waals surface area contributed by atoms with Gasteiger partial charge in [-0.05, 0) is 31.5 Å². The normalized spacial score (nSPS) is 12.1. The first-order valence-corrected chi connectivity index (χ1v) is 10.4. The Morgan fingerprint density at radius 2 is 1.76 bits per heavy atom. The van der Waals surface area contributed by atoms with Gasteiger partial charge in [0.05, 0.1) is 12.0 Å². The summed E-state index contributed by atoms with van der Waals surface area (Å²) in [6, 6.07) is 20.2. The van der Waals surface area contributed by atoms with Crippen molar-refractivity contribution in [2.45, 2.75) is 24.1 Å². The number of para-hydroxylation sites is 1. The van der Waals surface area contributed by atoms with Gasteiger partial charge in [-0.15, -0.1) is 0 Å². The molecular weight excluding hydrogens is 382 g/mol. The van der Waals surface area contributed by atoms with E-state index in [1.807, 2.05) is 62.4 Å². The Hall–Kier alpha value is -3.12. The van der Waals surface area contributed by atoms with E-state index in [1.54, 1.807) is 6.33 Å². The Kier molecular flexibility index (Phi) is 5.62. The van der Waals surface area contributed by atoms with Crippen LogP contribution in [0.5, 0.6) is 0 Å². The van der Waals surface area contributed by atoms with Gasteiger partial charge < -0.3 is 9.30 Å². The zero-order valence-corrected chi connectivity index (χ0v) is 17.1. The lowest BCUT2D eigenvalue weighted by molar-refractivity contribution is -0.142. The summed E-state index contributed by atoms with van der Waals surface area (Å²) in [5.41, 5.74) is 3.94. The van der Waals surface area contributed by atoms with Crippen LogP contribution in [0.3, 0.4) is 0 Å². The molecule has 0 bridgehead atoms. The maximum atomic E-state index is 12.2. The Labute approximate surface area is 173 Å². The standard InChI is InChI=1S/C23H21N3O2S/c1-3-28-23(27)16(2)29-22-20-19(17-10-6-4-7-11-17)14-26(21(20)24-15-25-22)18-12-8-5-9-13-18/h4-16H,3H2,1-2H3/t16-/m1/s1. The van der Waals surface area contributed by atoms with Gasteiger partial charge in [-0.2, -0.15) is 0 Å². The lowest BCUT2D eigenvalue weighted by Gasteiger charge is -2.11. The number of hydrogen-bond acceptors (Lipinski definition) is 5. The molecule has 5 nitrogen and oxygen atoms in total. The highest BCUT2D eigenvalue weighted by molar-refractivity contribution is 8.00. The van der Waals surface area contributed by atoms with E-state index in [1.165, 1.54) is 11.8 Å². The number of fused-ring (bicyclic) bond motifs is 1. The zero-order chi connectivity index (χ0) is 20.2. The van der Waals surface area contributed by atoms with E-state index in [0.29, 0.717) is 6.61 Å². The van der Waals surface area contributed by atoms with E-state index in [0.717, 1.165) is 32.9 Å². The van der Waals surface area contributed by atoms with Crippen LogP contribution in [0.25, 0.3) is 27.8 Å². The topological polar surface area (TPSA) is 57.0 Å². The van der Waals surface area contributed by atoms with Gasteiger partial charge in [0, 0.05) is 17.4 Å². The fourth-order valence-electron chi connectivity index (χ4n) is 3.22. The minimum absolute atomic E-state index is 0.243. The van der Waals surface area contributed by atoms with Crippen LogP contribution in [0, 0.1) is 0 Å². The zero-order valence-electron chi connectivity index (χ0n) is 16.3. The first-order valence-electron chi connectivity index (χ1n) is 9.49. The number of esters is 1. The van der Waals surface area contributed by atoms with Gasteiger partial charge in [0.1, 0.15) is 22.3 Å². The van der Waals surface area contributed by atoms with Crippen molar-refractivity contribution < 1.29 is 9.53 Å². The van der Waals surface area contributed by atoms with Crippen molar-refractivity contribution in [3.63, 3.8) is 0 Å². The lowest BCUT2D eigenvalue weighted by Crippen LogP contribution is -2.16. The second-order valence-corrected chi connectivity index (χ2v) is 7.83. The molecule has 0 saturated carbocycles. The molecule has 0 fully saturated rings. The van der Waals surface area contributed by atoms with Crippen molar-refractivity contribution in [1.29, 1.82) is 0 Å². The average Bonchev–Trinajstić information content (AvgIpc) is 3.16. The summed E-state index contributed by atoms with van der Waals surface area (Å²) in [7, 11) is 0. The number of rotatable bonds is 6. The van der Waals surface area contributed by atoms with Crippen molar-refractivity contribution in [3.05, 3.63) is 73.2 Å². The first-order chi connectivity index (χ1) is 14.2. The largest absolute Gasteiger partial charge is 0.465 e. The molecule has 0 N–H and O–H groups in total. The highest BCUT2D eigenvalue weighted by Gasteiger charge is 2.22. The minimum atomic E-state index is -0.364. The molecule has 0 aliphatic carbocycles. The second kappa shape index (κ2) is 8.49. The van der Waals surface area contributed by atoms with Gasteiger partial charge in [-0.1, -0.05) is 60.3 Å². The summed E-state index contributed by atoms with van der Waals surface area (Å²) < 4.78 is 7.24. The number of ether oxygens (including phenoxy) is 1. The third-order valence-corrected chi connectivity index (χ3v) is 5.65. The number of aromatic nitrogens is 3. The molecule has 146 valence electrons. The molecule has 2 heterocycles. The maximum absolute atomic E-state index is 12.2. The molecule has 29 heavy (non-hydrogen) atoms. The molecule has 0 spiro atoms. The summed E-state index contributed by atoms with van der Waals surface area (Å²) in [4.78, 5) is 21.3. The smallest absolute Gasteiger partial charge is 0.319 e. The highest BCUT2D eigenvalue weighted by atomic mass is 32.2. The van der Waals surface area contributed by atoms with E-state index >= 15 is 0 Å². The molecule has 0 unspecified atom stereocenters. The molecular formula is C23H21N3O2S. The summed E-state index contributed by atoms with van der Waals surface area (Å²) in [6.45, 7) is 4.02. The maximum Gasteiger partial charge on any atom is 0.319 e. The number of hydrogen-bond donors (Lipinski definition) is 0. The first kappa shape index (κ1) is 19.2. The molecule has 0 saturated heterocycles. The van der Waals surface area contributed by atoms with Crippen LogP contribution in [-0.4, -0.2) is 32.4 Å². The van der Waals surface area contributed by atoms with Gasteiger partial charge in [0.15, 0.2) is 0 Å². The molecule has 4 aromatic rings. The van der Waals surface area contributed by atoms with Crippen molar-refractivity contribution in [1.82, 2.24) is 14.5 Å². The lowest BCUT2D eigenvalue weighted by atomic mass is 10.1. The predicted molar refractivity (Wildman–Crippen MR) is 116 cm³/mol. The minimum Gasteiger partial charge on any atom is -0.465 e. The number of nitrogens with zero attached hydrogens (tertiary/aromatic N) is 3. The molecule has 4 rings (SSSR count). The monoisotopic (exact) mass is 403 g/mol. The van der Waals surface area contributed by atoms with Gasteiger partial charge in [-0.3, -0.25) is 4.79 Å². The van der Waals surface area contributed by atoms with Crippen molar-refractivity contribution in [2.24, 2.45) is 0 Å². The Morgan fingerprint density at radius 1 is 1.07 bits per heavy atom. The summed E-state index contributed by atoms with van der Waals surface area (Å²) in [5.74, 6) is -0.243. The van der Waals surface area contributed by atoms with E-state index in [2.05, 4.69) is 32.9 Å². The van der Waals surface area contributed by atoms with Crippen LogP contribution in [0.2, 0.25) is 0 Å². The molecule has 0 amide bonds. The highest BCUT2D eigenvalue weighted by Crippen LogP contribution is 2.38. The Balaban J connectivity index is 1.89. The Bertz CT molecular complexity index is 1130. The van der Waals surface area contributed by atoms with Crippen LogP contribution in [0.1, 0.15) is 13.8 Å². The van der Waals surface area contributed by atoms with Crippen LogP contribution in [0.15, 0.2) is 78.2 Å². The van der Waals surface area contributed by atoms with Gasteiger partial charge in [0.2, 0.25) is 0 Å². The summed E-state index contributed by atoms with van der Waals surface area (Å²) in [6.07, 6.45) is 3.64. The third-order valence-electron chi connectivity index (χ3n) is 4.57. The molecule has 6 heteroatoms. The summed E-state index contributed by atoms with van der Waals surface area (Å²) in [5, 5.41) is 1.34. The van der Waals surface area contributed by atoms with E-state index < -0.39 is 0 Å². The number of carbonyl (C=O) groups is 1.